The van der Waals surface area contributed by atoms with Gasteiger partial charge in [0.2, 0.25) is 5.91 Å². The fourth-order valence-electron chi connectivity index (χ4n) is 2.59. The normalized spacial score (nSPS) is 11.8. The molecule has 1 atom stereocenters. The van der Waals surface area contributed by atoms with E-state index in [1.807, 2.05) is 73.3 Å². The van der Waals surface area contributed by atoms with Gasteiger partial charge in [-0.3, -0.25) is 4.79 Å². The first kappa shape index (κ1) is 18.1. The second kappa shape index (κ2) is 8.10. The number of carbonyl (C=O) groups is 1. The van der Waals surface area contributed by atoms with E-state index in [2.05, 4.69) is 10.3 Å². The molecule has 0 unspecified atom stereocenters. The van der Waals surface area contributed by atoms with E-state index in [4.69, 9.17) is 4.74 Å². The van der Waals surface area contributed by atoms with Crippen LogP contribution in [0.5, 0.6) is 5.75 Å². The molecule has 0 spiro atoms. The first-order valence-corrected chi connectivity index (χ1v) is 9.11. The van der Waals surface area contributed by atoms with E-state index in [9.17, 15) is 4.79 Å². The number of imidazole rings is 1. The van der Waals surface area contributed by atoms with Crippen molar-refractivity contribution in [1.29, 1.82) is 0 Å². The maximum atomic E-state index is 13.1. The SMILES string of the molecule is COc1ccc(C)cc1NC(=O)[C@@H](Sc1nccn1C)c1ccccc1. The van der Waals surface area contributed by atoms with Crippen molar-refractivity contribution in [3.05, 3.63) is 72.1 Å². The number of anilines is 1. The van der Waals surface area contributed by atoms with Crippen molar-refractivity contribution < 1.29 is 9.53 Å². The summed E-state index contributed by atoms with van der Waals surface area (Å²) >= 11 is 1.42. The number of aromatic nitrogens is 2. The van der Waals surface area contributed by atoms with Gasteiger partial charge in [-0.1, -0.05) is 48.2 Å². The Labute approximate surface area is 157 Å². The maximum Gasteiger partial charge on any atom is 0.242 e. The minimum absolute atomic E-state index is 0.118. The summed E-state index contributed by atoms with van der Waals surface area (Å²) < 4.78 is 7.28. The molecule has 0 bridgehead atoms. The molecule has 0 aliphatic heterocycles. The molecule has 0 saturated carbocycles. The first-order chi connectivity index (χ1) is 12.6. The highest BCUT2D eigenvalue weighted by molar-refractivity contribution is 8.00. The van der Waals surface area contributed by atoms with Gasteiger partial charge in [-0.05, 0) is 30.2 Å². The molecule has 1 N–H and O–H groups in total. The monoisotopic (exact) mass is 367 g/mol. The van der Waals surface area contributed by atoms with Gasteiger partial charge in [0.1, 0.15) is 11.0 Å². The predicted molar refractivity (Wildman–Crippen MR) is 105 cm³/mol. The Kier molecular flexibility index (Phi) is 5.63. The van der Waals surface area contributed by atoms with Gasteiger partial charge in [0, 0.05) is 19.4 Å². The lowest BCUT2D eigenvalue weighted by Gasteiger charge is -2.18. The average Bonchev–Trinajstić information content (AvgIpc) is 3.05. The van der Waals surface area contributed by atoms with Crippen LogP contribution in [-0.2, 0) is 11.8 Å². The van der Waals surface area contributed by atoms with Crippen LogP contribution in [0.1, 0.15) is 16.4 Å². The zero-order chi connectivity index (χ0) is 18.5. The number of hydrogen-bond acceptors (Lipinski definition) is 4. The van der Waals surface area contributed by atoms with E-state index in [0.29, 0.717) is 11.4 Å². The fourth-order valence-corrected chi connectivity index (χ4v) is 3.61. The van der Waals surface area contributed by atoms with Gasteiger partial charge < -0.3 is 14.6 Å². The summed E-state index contributed by atoms with van der Waals surface area (Å²) in [6.45, 7) is 1.98. The van der Waals surface area contributed by atoms with Crippen molar-refractivity contribution in [3.63, 3.8) is 0 Å². The van der Waals surface area contributed by atoms with Crippen LogP contribution in [-0.4, -0.2) is 22.6 Å². The maximum absolute atomic E-state index is 13.1. The summed E-state index contributed by atoms with van der Waals surface area (Å²) in [7, 11) is 3.51. The number of rotatable bonds is 6. The molecule has 0 fully saturated rings. The van der Waals surface area contributed by atoms with Crippen LogP contribution in [0.2, 0.25) is 0 Å². The summed E-state index contributed by atoms with van der Waals surface area (Å²) in [6.07, 6.45) is 3.59. The van der Waals surface area contributed by atoms with Crippen molar-refractivity contribution in [2.24, 2.45) is 7.05 Å². The summed E-state index contributed by atoms with van der Waals surface area (Å²) in [5.74, 6) is 0.519. The van der Waals surface area contributed by atoms with Crippen LogP contribution in [0, 0.1) is 6.92 Å². The van der Waals surface area contributed by atoms with Crippen molar-refractivity contribution in [2.45, 2.75) is 17.3 Å². The van der Waals surface area contributed by atoms with Crippen LogP contribution in [0.3, 0.4) is 0 Å². The third-order valence-electron chi connectivity index (χ3n) is 3.95. The summed E-state index contributed by atoms with van der Waals surface area (Å²) in [5, 5.41) is 3.37. The zero-order valence-electron chi connectivity index (χ0n) is 15.0. The van der Waals surface area contributed by atoms with Crippen LogP contribution in [0.4, 0.5) is 5.69 Å². The Bertz CT molecular complexity index is 893. The van der Waals surface area contributed by atoms with Gasteiger partial charge >= 0.3 is 0 Å². The van der Waals surface area contributed by atoms with Gasteiger partial charge in [0.05, 0.1) is 12.8 Å². The van der Waals surface area contributed by atoms with E-state index >= 15 is 0 Å². The molecule has 1 amide bonds. The first-order valence-electron chi connectivity index (χ1n) is 8.23. The molecule has 3 rings (SSSR count). The largest absolute Gasteiger partial charge is 0.495 e. The van der Waals surface area contributed by atoms with Gasteiger partial charge in [-0.2, -0.15) is 0 Å². The molecular formula is C20H21N3O2S. The topological polar surface area (TPSA) is 56.1 Å². The quantitative estimate of drug-likeness (QED) is 0.663. The second-order valence-electron chi connectivity index (χ2n) is 5.92. The third-order valence-corrected chi connectivity index (χ3v) is 5.28. The number of ether oxygens (including phenoxy) is 1. The zero-order valence-corrected chi connectivity index (χ0v) is 15.8. The molecule has 1 heterocycles. The lowest BCUT2D eigenvalue weighted by Crippen LogP contribution is -2.20. The second-order valence-corrected chi connectivity index (χ2v) is 6.99. The standard InChI is InChI=1S/C20H21N3O2S/c1-14-9-10-17(25-3)16(13-14)22-19(24)18(15-7-5-4-6-8-15)26-20-21-11-12-23(20)2/h4-13,18H,1-3H3,(H,22,24)/t18-/m0/s1. The van der Waals surface area contributed by atoms with E-state index in [1.54, 1.807) is 13.3 Å². The van der Waals surface area contributed by atoms with Gasteiger partial charge in [-0.15, -0.1) is 0 Å². The smallest absolute Gasteiger partial charge is 0.242 e. The minimum atomic E-state index is -0.428. The average molecular weight is 367 g/mol. The molecule has 0 aliphatic carbocycles. The number of carbonyl (C=O) groups excluding carboxylic acids is 1. The molecule has 5 nitrogen and oxygen atoms in total. The van der Waals surface area contributed by atoms with E-state index in [0.717, 1.165) is 16.3 Å². The Morgan fingerprint density at radius 2 is 2.00 bits per heavy atom. The molecular weight excluding hydrogens is 346 g/mol. The van der Waals surface area contributed by atoms with Crippen molar-refractivity contribution >= 4 is 23.4 Å². The van der Waals surface area contributed by atoms with Crippen LogP contribution < -0.4 is 10.1 Å². The summed E-state index contributed by atoms with van der Waals surface area (Å²) in [4.78, 5) is 17.4. The number of nitrogens with one attached hydrogen (secondary N) is 1. The highest BCUT2D eigenvalue weighted by atomic mass is 32.2. The van der Waals surface area contributed by atoms with E-state index in [1.165, 1.54) is 11.8 Å². The number of thioether (sulfide) groups is 1. The van der Waals surface area contributed by atoms with Crippen LogP contribution >= 0.6 is 11.8 Å². The van der Waals surface area contributed by atoms with Crippen LogP contribution in [0.25, 0.3) is 0 Å². The molecule has 26 heavy (non-hydrogen) atoms. The Morgan fingerprint density at radius 1 is 1.23 bits per heavy atom. The number of aryl methyl sites for hydroxylation is 2. The van der Waals surface area contributed by atoms with Crippen molar-refractivity contribution in [2.75, 3.05) is 12.4 Å². The van der Waals surface area contributed by atoms with Crippen LogP contribution in [0.15, 0.2) is 66.1 Å². The predicted octanol–water partition coefficient (Wildman–Crippen LogP) is 4.21. The third kappa shape index (κ3) is 4.08. The number of methoxy groups -OCH3 is 1. The van der Waals surface area contributed by atoms with Crippen molar-refractivity contribution in [3.8, 4) is 5.75 Å². The number of amides is 1. The highest BCUT2D eigenvalue weighted by Gasteiger charge is 2.24. The molecule has 0 saturated heterocycles. The number of hydrogen-bond donors (Lipinski definition) is 1. The molecule has 134 valence electrons. The molecule has 6 heteroatoms. The molecule has 2 aromatic carbocycles. The molecule has 0 aliphatic rings. The Hall–Kier alpha value is -2.73. The summed E-state index contributed by atoms with van der Waals surface area (Å²) in [5.41, 5.74) is 2.64. The lowest BCUT2D eigenvalue weighted by atomic mass is 10.1. The van der Waals surface area contributed by atoms with E-state index < -0.39 is 5.25 Å². The number of benzene rings is 2. The highest BCUT2D eigenvalue weighted by Crippen LogP contribution is 2.36. The van der Waals surface area contributed by atoms with Crippen molar-refractivity contribution in [1.82, 2.24) is 9.55 Å². The minimum Gasteiger partial charge on any atom is -0.495 e. The molecule has 0 radical (unpaired) electrons. The summed E-state index contributed by atoms with van der Waals surface area (Å²) in [6, 6.07) is 15.4. The van der Waals surface area contributed by atoms with Gasteiger partial charge in [0.25, 0.3) is 0 Å². The van der Waals surface area contributed by atoms with Gasteiger partial charge in [-0.25, -0.2) is 4.98 Å². The van der Waals surface area contributed by atoms with E-state index in [-0.39, 0.29) is 5.91 Å². The molecule has 1 aromatic heterocycles. The number of nitrogens with zero attached hydrogens (tertiary/aromatic N) is 2. The van der Waals surface area contributed by atoms with Gasteiger partial charge in [0.15, 0.2) is 5.16 Å². The lowest BCUT2D eigenvalue weighted by molar-refractivity contribution is -0.115. The Balaban J connectivity index is 1.90. The Morgan fingerprint density at radius 3 is 2.65 bits per heavy atom. The molecule has 3 aromatic rings. The fraction of sp³-hybridized carbons (Fsp3) is 0.200.